The maximum absolute atomic E-state index is 13.6. The first-order valence-corrected chi connectivity index (χ1v) is 5.03. The highest BCUT2D eigenvalue weighted by atomic mass is 35.5. The van der Waals surface area contributed by atoms with Crippen molar-refractivity contribution in [2.24, 2.45) is 5.73 Å². The Kier molecular flexibility index (Phi) is 7.07. The number of amides is 1. The van der Waals surface area contributed by atoms with Crippen LogP contribution in [0.15, 0.2) is 12.1 Å². The Morgan fingerprint density at radius 1 is 1.33 bits per heavy atom. The molecule has 0 saturated heterocycles. The van der Waals surface area contributed by atoms with E-state index in [2.05, 4.69) is 5.32 Å². The molecule has 1 rings (SSSR count). The molecule has 0 aromatic heterocycles. The molecule has 0 bridgehead atoms. The average molecular weight is 279 g/mol. The van der Waals surface area contributed by atoms with Gasteiger partial charge in [-0.05, 0) is 6.07 Å². The zero-order valence-corrected chi connectivity index (χ0v) is 11.0. The van der Waals surface area contributed by atoms with Crippen LogP contribution in [0.3, 0.4) is 0 Å². The monoisotopic (exact) mass is 278 g/mol. The Morgan fingerprint density at radius 2 is 1.89 bits per heavy atom. The predicted molar refractivity (Wildman–Crippen MR) is 68.1 cm³/mol. The molecule has 0 aliphatic rings. The maximum atomic E-state index is 13.6. The molecule has 0 unspecified atom stereocenters. The number of methoxy groups -OCH3 is 2. The lowest BCUT2D eigenvalue weighted by molar-refractivity contribution is 0.0950. The van der Waals surface area contributed by atoms with E-state index in [4.69, 9.17) is 15.2 Å². The van der Waals surface area contributed by atoms with Crippen molar-refractivity contribution in [2.45, 2.75) is 0 Å². The van der Waals surface area contributed by atoms with E-state index in [1.807, 2.05) is 0 Å². The van der Waals surface area contributed by atoms with Gasteiger partial charge in [-0.3, -0.25) is 4.79 Å². The molecule has 0 radical (unpaired) electrons. The summed E-state index contributed by atoms with van der Waals surface area (Å²) in [6.45, 7) is 0.577. The van der Waals surface area contributed by atoms with Gasteiger partial charge < -0.3 is 20.5 Å². The second kappa shape index (κ2) is 7.73. The van der Waals surface area contributed by atoms with Crippen LogP contribution >= 0.6 is 12.4 Å². The Bertz CT molecular complexity index is 416. The Morgan fingerprint density at radius 3 is 2.39 bits per heavy atom. The number of hydrogen-bond acceptors (Lipinski definition) is 4. The van der Waals surface area contributed by atoms with Gasteiger partial charge in [-0.25, -0.2) is 4.39 Å². The van der Waals surface area contributed by atoms with Crippen LogP contribution in [0.1, 0.15) is 10.4 Å². The van der Waals surface area contributed by atoms with Gasteiger partial charge in [0.1, 0.15) is 5.82 Å². The molecule has 7 heteroatoms. The molecule has 0 saturated carbocycles. The quantitative estimate of drug-likeness (QED) is 0.841. The molecular formula is C11H16ClFN2O3. The molecule has 0 aliphatic heterocycles. The van der Waals surface area contributed by atoms with Crippen molar-refractivity contribution in [1.82, 2.24) is 5.32 Å². The fraction of sp³-hybridized carbons (Fsp3) is 0.364. The molecule has 0 fully saturated rings. The summed E-state index contributed by atoms with van der Waals surface area (Å²) in [6.07, 6.45) is 0. The van der Waals surface area contributed by atoms with Crippen molar-refractivity contribution in [3.8, 4) is 11.5 Å². The summed E-state index contributed by atoms with van der Waals surface area (Å²) >= 11 is 0. The van der Waals surface area contributed by atoms with Crippen LogP contribution < -0.4 is 20.5 Å². The fourth-order valence-electron chi connectivity index (χ4n) is 1.31. The number of halogens is 2. The van der Waals surface area contributed by atoms with Gasteiger partial charge in [0.25, 0.3) is 5.91 Å². The van der Waals surface area contributed by atoms with E-state index in [9.17, 15) is 9.18 Å². The molecule has 1 aromatic rings. The highest BCUT2D eigenvalue weighted by Crippen LogP contribution is 2.29. The molecule has 1 aromatic carbocycles. The number of carbonyl (C=O) groups is 1. The molecule has 0 spiro atoms. The first kappa shape index (κ1) is 16.5. The van der Waals surface area contributed by atoms with Crippen molar-refractivity contribution >= 4 is 18.3 Å². The first-order chi connectivity index (χ1) is 8.13. The third-order valence-electron chi connectivity index (χ3n) is 2.15. The van der Waals surface area contributed by atoms with Crippen molar-refractivity contribution in [3.63, 3.8) is 0 Å². The molecule has 0 aliphatic carbocycles. The molecule has 18 heavy (non-hydrogen) atoms. The molecule has 3 N–H and O–H groups in total. The van der Waals surface area contributed by atoms with Gasteiger partial charge in [0.2, 0.25) is 0 Å². The molecule has 1 amide bonds. The largest absolute Gasteiger partial charge is 0.493 e. The normalized spacial score (nSPS) is 9.33. The second-order valence-electron chi connectivity index (χ2n) is 3.23. The number of benzene rings is 1. The summed E-state index contributed by atoms with van der Waals surface area (Å²) in [5.74, 6) is -0.668. The third-order valence-corrected chi connectivity index (χ3v) is 2.15. The van der Waals surface area contributed by atoms with Gasteiger partial charge in [0.05, 0.1) is 19.8 Å². The topological polar surface area (TPSA) is 73.6 Å². The van der Waals surface area contributed by atoms with Gasteiger partial charge in [0.15, 0.2) is 11.5 Å². The zero-order chi connectivity index (χ0) is 12.8. The van der Waals surface area contributed by atoms with Crippen molar-refractivity contribution in [2.75, 3.05) is 27.3 Å². The fourth-order valence-corrected chi connectivity index (χ4v) is 1.31. The van der Waals surface area contributed by atoms with Crippen LogP contribution in [0, 0.1) is 5.82 Å². The lowest BCUT2D eigenvalue weighted by Gasteiger charge is -2.10. The number of rotatable bonds is 5. The lowest BCUT2D eigenvalue weighted by atomic mass is 10.1. The van der Waals surface area contributed by atoms with Crippen molar-refractivity contribution in [1.29, 1.82) is 0 Å². The van der Waals surface area contributed by atoms with E-state index in [0.29, 0.717) is 12.3 Å². The Labute approximate surface area is 111 Å². The molecule has 102 valence electrons. The summed E-state index contributed by atoms with van der Waals surface area (Å²) < 4.78 is 23.5. The van der Waals surface area contributed by atoms with Crippen LogP contribution in [0.4, 0.5) is 4.39 Å². The van der Waals surface area contributed by atoms with Gasteiger partial charge in [-0.15, -0.1) is 12.4 Å². The minimum absolute atomic E-state index is 0. The maximum Gasteiger partial charge on any atom is 0.254 e. The average Bonchev–Trinajstić information content (AvgIpc) is 2.35. The summed E-state index contributed by atoms with van der Waals surface area (Å²) in [7, 11) is 2.81. The summed E-state index contributed by atoms with van der Waals surface area (Å²) in [4.78, 5) is 11.6. The van der Waals surface area contributed by atoms with Crippen LogP contribution in [-0.4, -0.2) is 33.2 Å². The summed E-state index contributed by atoms with van der Waals surface area (Å²) in [6, 6.07) is 2.40. The number of hydrogen-bond donors (Lipinski definition) is 2. The molecule has 0 heterocycles. The molecular weight excluding hydrogens is 263 g/mol. The molecule has 5 nitrogen and oxygen atoms in total. The highest BCUT2D eigenvalue weighted by molar-refractivity contribution is 5.95. The zero-order valence-electron chi connectivity index (χ0n) is 10.2. The molecule has 0 atom stereocenters. The third kappa shape index (κ3) is 3.75. The minimum atomic E-state index is -0.669. The minimum Gasteiger partial charge on any atom is -0.493 e. The summed E-state index contributed by atoms with van der Waals surface area (Å²) in [5, 5.41) is 2.48. The van der Waals surface area contributed by atoms with Gasteiger partial charge in [-0.1, -0.05) is 0 Å². The number of carbonyl (C=O) groups excluding carboxylic acids is 1. The van der Waals surface area contributed by atoms with Crippen molar-refractivity contribution < 1.29 is 18.7 Å². The van der Waals surface area contributed by atoms with E-state index < -0.39 is 11.7 Å². The van der Waals surface area contributed by atoms with Gasteiger partial charge in [0, 0.05) is 19.2 Å². The van der Waals surface area contributed by atoms with E-state index in [0.717, 1.165) is 6.07 Å². The Balaban J connectivity index is 0.00000289. The number of nitrogens with one attached hydrogen (secondary N) is 1. The van der Waals surface area contributed by atoms with Gasteiger partial charge >= 0.3 is 0 Å². The van der Waals surface area contributed by atoms with E-state index >= 15 is 0 Å². The van der Waals surface area contributed by atoms with Gasteiger partial charge in [-0.2, -0.15) is 0 Å². The van der Waals surface area contributed by atoms with Crippen molar-refractivity contribution in [3.05, 3.63) is 23.5 Å². The highest BCUT2D eigenvalue weighted by Gasteiger charge is 2.16. The predicted octanol–water partition coefficient (Wildman–Crippen LogP) is 0.953. The SMILES string of the molecule is COc1cc(F)c(C(=O)NCCN)cc1OC.Cl. The lowest BCUT2D eigenvalue weighted by Crippen LogP contribution is -2.29. The van der Waals surface area contributed by atoms with E-state index in [1.54, 1.807) is 0 Å². The number of nitrogens with two attached hydrogens (primary N) is 1. The van der Waals surface area contributed by atoms with E-state index in [-0.39, 0.29) is 30.3 Å². The Hall–Kier alpha value is -1.53. The van der Waals surface area contributed by atoms with Crippen LogP contribution in [0.5, 0.6) is 11.5 Å². The van der Waals surface area contributed by atoms with Crippen LogP contribution in [-0.2, 0) is 0 Å². The first-order valence-electron chi connectivity index (χ1n) is 5.03. The standard InChI is InChI=1S/C11H15FN2O3.ClH/c1-16-9-5-7(11(15)14-4-3-13)8(12)6-10(9)17-2;/h5-6H,3-4,13H2,1-2H3,(H,14,15);1H. The summed E-state index contributed by atoms with van der Waals surface area (Å²) in [5.41, 5.74) is 5.14. The second-order valence-corrected chi connectivity index (χ2v) is 3.23. The smallest absolute Gasteiger partial charge is 0.254 e. The van der Waals surface area contributed by atoms with Crippen LogP contribution in [0.25, 0.3) is 0 Å². The van der Waals surface area contributed by atoms with E-state index in [1.165, 1.54) is 20.3 Å². The number of ether oxygens (including phenoxy) is 2. The van der Waals surface area contributed by atoms with Crippen LogP contribution in [0.2, 0.25) is 0 Å².